The van der Waals surface area contributed by atoms with Crippen LogP contribution in [0.15, 0.2) is 21.4 Å². The monoisotopic (exact) mass is 458 g/mol. The Bertz CT molecular complexity index is 552. The van der Waals surface area contributed by atoms with E-state index in [1.165, 1.54) is 25.3 Å². The van der Waals surface area contributed by atoms with Crippen molar-refractivity contribution in [2.75, 3.05) is 0 Å². The van der Waals surface area contributed by atoms with Gasteiger partial charge in [0.2, 0.25) is 5.63 Å². The second kappa shape index (κ2) is 14.9. The summed E-state index contributed by atoms with van der Waals surface area (Å²) in [7, 11) is 0. The van der Waals surface area contributed by atoms with Gasteiger partial charge >= 0.3 is 0 Å². The summed E-state index contributed by atoms with van der Waals surface area (Å²) in [4.78, 5) is 23.8. The molecule has 0 bridgehead atoms. The molecule has 3 nitrogen and oxygen atoms in total. The molecule has 133 valence electrons. The van der Waals surface area contributed by atoms with Crippen molar-refractivity contribution in [3.63, 3.8) is 0 Å². The Labute approximate surface area is 174 Å². The van der Waals surface area contributed by atoms with E-state index in [-0.39, 0.29) is 46.9 Å². The van der Waals surface area contributed by atoms with Crippen LogP contribution >= 0.6 is 0 Å². The molecule has 0 amide bonds. The third-order valence-corrected chi connectivity index (χ3v) is 3.85. The number of hydrogen-bond donors (Lipinski definition) is 0. The van der Waals surface area contributed by atoms with Crippen LogP contribution in [0, 0.1) is 61.6 Å². The van der Waals surface area contributed by atoms with Crippen LogP contribution in [0.2, 0.25) is 0 Å². The fraction of sp³-hybridized carbons (Fsp3) is 0.600. The summed E-state index contributed by atoms with van der Waals surface area (Å²) in [5.41, 5.74) is 0.910. The zero-order valence-electron chi connectivity index (χ0n) is 16.1. The van der Waals surface area contributed by atoms with Crippen molar-refractivity contribution in [3.8, 4) is 0 Å². The van der Waals surface area contributed by atoms with E-state index >= 15 is 0 Å². The van der Waals surface area contributed by atoms with Crippen molar-refractivity contribution in [2.45, 2.75) is 73.6 Å². The third kappa shape index (κ3) is 8.09. The third-order valence-electron chi connectivity index (χ3n) is 3.85. The van der Waals surface area contributed by atoms with Gasteiger partial charge in [0, 0.05) is 41.9 Å². The molecule has 1 fully saturated rings. The first-order valence-electron chi connectivity index (χ1n) is 8.84. The molecule has 1 aliphatic carbocycles. The Balaban J connectivity index is 0. The molecule has 0 aliphatic heterocycles. The van der Waals surface area contributed by atoms with Gasteiger partial charge in [-0.3, -0.25) is 4.79 Å². The van der Waals surface area contributed by atoms with E-state index < -0.39 is 5.63 Å². The van der Waals surface area contributed by atoms with Crippen LogP contribution < -0.4 is 5.63 Å². The van der Waals surface area contributed by atoms with Gasteiger partial charge in [-0.2, -0.15) is 0 Å². The average Bonchev–Trinajstić information content (AvgIpc) is 2.61. The summed E-state index contributed by atoms with van der Waals surface area (Å²) >= 11 is 0. The zero-order chi connectivity index (χ0) is 17.8. The second-order valence-electron chi connectivity index (χ2n) is 5.24. The van der Waals surface area contributed by atoms with Gasteiger partial charge in [-0.05, 0) is 30.4 Å². The first-order chi connectivity index (χ1) is 11.1. The summed E-state index contributed by atoms with van der Waals surface area (Å²) in [5, 5.41) is 0. The summed E-state index contributed by atoms with van der Waals surface area (Å²) in [6.07, 6.45) is 12.0. The van der Waals surface area contributed by atoms with Crippen LogP contribution in [-0.4, -0.2) is 5.78 Å². The molecule has 2 rings (SSSR count). The van der Waals surface area contributed by atoms with Gasteiger partial charge in [0.1, 0.15) is 0 Å². The molecule has 0 aromatic carbocycles. The number of rotatable bonds is 3. The van der Waals surface area contributed by atoms with Crippen LogP contribution in [0.3, 0.4) is 0 Å². The van der Waals surface area contributed by atoms with Crippen LogP contribution in [0.5, 0.6) is 0 Å². The predicted octanol–water partition coefficient (Wildman–Crippen LogP) is 5.43. The van der Waals surface area contributed by atoms with Gasteiger partial charge in [-0.15, -0.1) is 11.1 Å². The molecule has 24 heavy (non-hydrogen) atoms. The fourth-order valence-corrected chi connectivity index (χ4v) is 2.51. The molecular formula is C20H31LaO3-. The smallest absolute Gasteiger partial charge is 0.228 e. The number of allylic oxidation sites excluding steroid dienone is 2. The van der Waals surface area contributed by atoms with Crippen molar-refractivity contribution >= 4 is 5.78 Å². The minimum Gasteiger partial charge on any atom is -0.552 e. The van der Waals surface area contributed by atoms with Crippen LogP contribution in [0.4, 0.5) is 0 Å². The molecule has 0 N–H and O–H groups in total. The van der Waals surface area contributed by atoms with Crippen molar-refractivity contribution < 1.29 is 44.8 Å². The van der Waals surface area contributed by atoms with Gasteiger partial charge in [-0.25, -0.2) is 0 Å². The molecule has 1 aromatic heterocycles. The maximum absolute atomic E-state index is 12.1. The minimum atomic E-state index is -0.596. The van der Waals surface area contributed by atoms with Crippen LogP contribution in [0.1, 0.15) is 81.3 Å². The molecule has 1 aliphatic rings. The van der Waals surface area contributed by atoms with E-state index in [0.717, 1.165) is 12.8 Å². The maximum Gasteiger partial charge on any atom is 0.228 e. The van der Waals surface area contributed by atoms with Crippen LogP contribution in [0.25, 0.3) is 0 Å². The maximum atomic E-state index is 12.1. The molecule has 4 heteroatoms. The summed E-state index contributed by atoms with van der Waals surface area (Å²) in [5.74, 6) is 0.218. The molecular weight excluding hydrogens is 427 g/mol. The van der Waals surface area contributed by atoms with Crippen molar-refractivity contribution in [1.82, 2.24) is 0 Å². The quantitative estimate of drug-likeness (QED) is 0.345. The summed E-state index contributed by atoms with van der Waals surface area (Å²) in [6, 6.07) is 0. The Morgan fingerprint density at radius 3 is 2.17 bits per heavy atom. The van der Waals surface area contributed by atoms with Crippen molar-refractivity contribution in [2.24, 2.45) is 5.92 Å². The molecule has 0 atom stereocenters. The Hall–Kier alpha value is -0.445. The largest absolute Gasteiger partial charge is 0.552 e. The standard InChI is InChI=1S/C16H19O3.2C2H6.La/c1-11-10-19-16(18)15(12(11)2)14(17)9-8-13-6-4-3-5-7-13;2*1-2;/h8-9,13H,3-7H2,1-2H3;2*1-2H3;/q-1;;;/b9-8+;;;. The van der Waals surface area contributed by atoms with E-state index in [2.05, 4.69) is 6.26 Å². The Morgan fingerprint density at radius 1 is 1.08 bits per heavy atom. The molecule has 1 saturated carbocycles. The van der Waals surface area contributed by atoms with Crippen molar-refractivity contribution in [3.05, 3.63) is 45.5 Å². The molecule has 1 aromatic rings. The number of ketones is 1. The summed E-state index contributed by atoms with van der Waals surface area (Å²) in [6.45, 7) is 11.5. The SMILES string of the molecule is CC.CC.Cc1[c-]oc(=O)c(C(=O)/C=C/C2CCCCC2)c1C.[La]. The molecule has 1 radical (unpaired) electrons. The molecule has 1 heterocycles. The van der Waals surface area contributed by atoms with Gasteiger partial charge in [0.15, 0.2) is 5.78 Å². The van der Waals surface area contributed by atoms with Gasteiger partial charge in [0.25, 0.3) is 0 Å². The molecule has 0 spiro atoms. The molecule has 0 saturated heterocycles. The van der Waals surface area contributed by atoms with E-state index in [1.807, 2.05) is 33.8 Å². The second-order valence-corrected chi connectivity index (χ2v) is 5.24. The van der Waals surface area contributed by atoms with Gasteiger partial charge in [-0.1, -0.05) is 66.9 Å². The number of hydrogen-bond acceptors (Lipinski definition) is 3. The number of aryl methyl sites for hydroxylation is 1. The fourth-order valence-electron chi connectivity index (χ4n) is 2.51. The summed E-state index contributed by atoms with van der Waals surface area (Å²) < 4.78 is 4.75. The van der Waals surface area contributed by atoms with E-state index in [4.69, 9.17) is 4.42 Å². The van der Waals surface area contributed by atoms with E-state index in [1.54, 1.807) is 13.8 Å². The van der Waals surface area contributed by atoms with E-state index in [0.29, 0.717) is 17.0 Å². The molecule has 0 unspecified atom stereocenters. The average molecular weight is 458 g/mol. The van der Waals surface area contributed by atoms with E-state index in [9.17, 15) is 9.59 Å². The van der Waals surface area contributed by atoms with Gasteiger partial charge in [0.05, 0.1) is 0 Å². The predicted molar refractivity (Wildman–Crippen MR) is 96.0 cm³/mol. The Kier molecular flexibility index (Phi) is 16.0. The Morgan fingerprint density at radius 2 is 1.62 bits per heavy atom. The first kappa shape index (κ1) is 25.8. The number of carbonyl (C=O) groups excluding carboxylic acids is 1. The van der Waals surface area contributed by atoms with Crippen LogP contribution in [-0.2, 0) is 0 Å². The van der Waals surface area contributed by atoms with Gasteiger partial charge < -0.3 is 9.21 Å². The zero-order valence-corrected chi connectivity index (χ0v) is 19.7. The van der Waals surface area contributed by atoms with Crippen molar-refractivity contribution in [1.29, 1.82) is 0 Å². The normalized spacial score (nSPS) is 13.9. The topological polar surface area (TPSA) is 47.3 Å². The minimum absolute atomic E-state index is 0. The first-order valence-corrected chi connectivity index (χ1v) is 8.84. The number of carbonyl (C=O) groups is 1.